The van der Waals surface area contributed by atoms with Crippen LogP contribution >= 0.6 is 0 Å². The molecule has 0 bridgehead atoms. The fraction of sp³-hybridized carbons (Fsp3) is 0.130. The van der Waals surface area contributed by atoms with E-state index in [1.165, 1.54) is 0 Å². The van der Waals surface area contributed by atoms with Gasteiger partial charge in [-0.2, -0.15) is 5.10 Å². The van der Waals surface area contributed by atoms with Crippen LogP contribution in [0.25, 0.3) is 22.0 Å². The van der Waals surface area contributed by atoms with E-state index in [9.17, 15) is 4.79 Å². The van der Waals surface area contributed by atoms with Gasteiger partial charge in [-0.3, -0.25) is 9.89 Å². The van der Waals surface area contributed by atoms with Crippen molar-refractivity contribution in [2.75, 3.05) is 24.3 Å². The molecule has 5 nitrogen and oxygen atoms in total. The molecule has 5 heteroatoms. The van der Waals surface area contributed by atoms with Crippen molar-refractivity contribution >= 4 is 28.2 Å². The maximum atomic E-state index is 12.5. The van der Waals surface area contributed by atoms with Crippen LogP contribution in [0, 0.1) is 0 Å². The zero-order valence-electron chi connectivity index (χ0n) is 15.9. The van der Waals surface area contributed by atoms with Crippen LogP contribution in [0.4, 0.5) is 11.5 Å². The average molecular weight is 370 g/mol. The van der Waals surface area contributed by atoms with E-state index in [1.54, 1.807) is 0 Å². The topological polar surface area (TPSA) is 61.0 Å². The number of aromatic nitrogens is 2. The Kier molecular flexibility index (Phi) is 4.81. The monoisotopic (exact) mass is 370 g/mol. The molecule has 0 aliphatic carbocycles. The fourth-order valence-electron chi connectivity index (χ4n) is 3.28. The van der Waals surface area contributed by atoms with Crippen LogP contribution in [0.3, 0.4) is 0 Å². The van der Waals surface area contributed by atoms with E-state index < -0.39 is 0 Å². The molecule has 0 radical (unpaired) electrons. The molecule has 0 aliphatic heterocycles. The summed E-state index contributed by atoms with van der Waals surface area (Å²) in [5, 5.41) is 12.3. The van der Waals surface area contributed by atoms with Gasteiger partial charge in [-0.1, -0.05) is 54.6 Å². The smallest absolute Gasteiger partial charge is 0.230 e. The summed E-state index contributed by atoms with van der Waals surface area (Å²) < 4.78 is 0. The molecule has 4 rings (SSSR count). The predicted molar refractivity (Wildman–Crippen MR) is 115 cm³/mol. The first-order chi connectivity index (χ1) is 13.6. The third-order valence-electron chi connectivity index (χ3n) is 4.77. The van der Waals surface area contributed by atoms with Crippen molar-refractivity contribution in [3.8, 4) is 11.3 Å². The number of hydrogen-bond donors (Lipinski definition) is 2. The standard InChI is InChI=1S/C23H22N4O/c1-27(2)19-12-10-17(11-13-19)21-15-22(26-25-21)24-23(28)14-18-8-5-7-16-6-3-4-9-20(16)18/h3-13,15H,14H2,1-2H3,(H2,24,25,26,28). The molecule has 3 aromatic carbocycles. The molecule has 1 amide bonds. The van der Waals surface area contributed by atoms with Crippen molar-refractivity contribution in [2.24, 2.45) is 0 Å². The highest BCUT2D eigenvalue weighted by Crippen LogP contribution is 2.23. The maximum absolute atomic E-state index is 12.5. The third kappa shape index (κ3) is 3.74. The summed E-state index contributed by atoms with van der Waals surface area (Å²) in [6.07, 6.45) is 0.307. The van der Waals surface area contributed by atoms with Crippen LogP contribution < -0.4 is 10.2 Å². The number of carbonyl (C=O) groups excluding carboxylic acids is 1. The van der Waals surface area contributed by atoms with Gasteiger partial charge >= 0.3 is 0 Å². The number of benzene rings is 3. The Labute approximate surface area is 164 Å². The van der Waals surface area contributed by atoms with Crippen LogP contribution in [-0.4, -0.2) is 30.2 Å². The molecule has 0 atom stereocenters. The molecule has 0 saturated carbocycles. The van der Waals surface area contributed by atoms with Crippen LogP contribution in [0.15, 0.2) is 72.8 Å². The number of nitrogens with one attached hydrogen (secondary N) is 2. The predicted octanol–water partition coefficient (Wildman–Crippen LogP) is 4.48. The van der Waals surface area contributed by atoms with Gasteiger partial charge in [0.05, 0.1) is 12.1 Å². The molecule has 0 spiro atoms. The number of fused-ring (bicyclic) bond motifs is 1. The van der Waals surface area contributed by atoms with Gasteiger partial charge in [-0.15, -0.1) is 0 Å². The number of amides is 1. The van der Waals surface area contributed by atoms with Gasteiger partial charge in [-0.25, -0.2) is 0 Å². The SMILES string of the molecule is CN(C)c1ccc(-c2cc(NC(=O)Cc3cccc4ccccc34)n[nH]2)cc1. The molecule has 0 fully saturated rings. The van der Waals surface area contributed by atoms with Crippen molar-refractivity contribution < 1.29 is 4.79 Å². The van der Waals surface area contributed by atoms with Crippen LogP contribution in [0.1, 0.15) is 5.56 Å². The van der Waals surface area contributed by atoms with Crippen molar-refractivity contribution in [1.82, 2.24) is 10.2 Å². The zero-order chi connectivity index (χ0) is 19.5. The highest BCUT2D eigenvalue weighted by molar-refractivity contribution is 5.96. The first-order valence-electron chi connectivity index (χ1n) is 9.20. The molecule has 0 unspecified atom stereocenters. The number of aromatic amines is 1. The Bertz CT molecular complexity index is 1110. The Morgan fingerprint density at radius 2 is 1.75 bits per heavy atom. The minimum atomic E-state index is -0.0858. The number of H-pyrrole nitrogens is 1. The number of carbonyl (C=O) groups is 1. The number of rotatable bonds is 5. The summed E-state index contributed by atoms with van der Waals surface area (Å²) in [6, 6.07) is 24.1. The Hall–Kier alpha value is -3.60. The highest BCUT2D eigenvalue weighted by Gasteiger charge is 2.10. The van der Waals surface area contributed by atoms with Crippen molar-refractivity contribution in [2.45, 2.75) is 6.42 Å². The molecule has 28 heavy (non-hydrogen) atoms. The Morgan fingerprint density at radius 3 is 2.54 bits per heavy atom. The average Bonchev–Trinajstić information content (AvgIpc) is 3.16. The highest BCUT2D eigenvalue weighted by atomic mass is 16.1. The maximum Gasteiger partial charge on any atom is 0.230 e. The van der Waals surface area contributed by atoms with Gasteiger partial charge in [0, 0.05) is 25.8 Å². The third-order valence-corrected chi connectivity index (χ3v) is 4.77. The van der Waals surface area contributed by atoms with Gasteiger partial charge < -0.3 is 10.2 Å². The number of hydrogen-bond acceptors (Lipinski definition) is 3. The van der Waals surface area contributed by atoms with E-state index in [2.05, 4.69) is 44.7 Å². The van der Waals surface area contributed by atoms with E-state index in [1.807, 2.05) is 62.6 Å². The van der Waals surface area contributed by atoms with Gasteiger partial charge in [0.2, 0.25) is 5.91 Å². The van der Waals surface area contributed by atoms with E-state index in [4.69, 9.17) is 0 Å². The zero-order valence-corrected chi connectivity index (χ0v) is 15.9. The lowest BCUT2D eigenvalue weighted by atomic mass is 10.0. The van der Waals surface area contributed by atoms with E-state index in [0.717, 1.165) is 33.3 Å². The van der Waals surface area contributed by atoms with Gasteiger partial charge in [0.15, 0.2) is 5.82 Å². The summed E-state index contributed by atoms with van der Waals surface area (Å²) in [7, 11) is 4.02. The van der Waals surface area contributed by atoms with Crippen LogP contribution in [0.2, 0.25) is 0 Å². The first-order valence-corrected chi connectivity index (χ1v) is 9.20. The largest absolute Gasteiger partial charge is 0.378 e. The molecular weight excluding hydrogens is 348 g/mol. The molecular formula is C23H22N4O. The van der Waals surface area contributed by atoms with Gasteiger partial charge in [0.1, 0.15) is 0 Å². The van der Waals surface area contributed by atoms with Crippen LogP contribution in [-0.2, 0) is 11.2 Å². The number of nitrogens with zero attached hydrogens (tertiary/aromatic N) is 2. The van der Waals surface area contributed by atoms with Crippen molar-refractivity contribution in [1.29, 1.82) is 0 Å². The Morgan fingerprint density at radius 1 is 1.00 bits per heavy atom. The van der Waals surface area contributed by atoms with Crippen molar-refractivity contribution in [3.63, 3.8) is 0 Å². The molecule has 140 valence electrons. The molecule has 0 saturated heterocycles. The van der Waals surface area contributed by atoms with Gasteiger partial charge in [0.25, 0.3) is 0 Å². The summed E-state index contributed by atoms with van der Waals surface area (Å²) in [4.78, 5) is 14.6. The quantitative estimate of drug-likeness (QED) is 0.545. The van der Waals surface area contributed by atoms with Gasteiger partial charge in [-0.05, 0) is 34.0 Å². The van der Waals surface area contributed by atoms with E-state index >= 15 is 0 Å². The lowest BCUT2D eigenvalue weighted by Crippen LogP contribution is -2.14. The normalized spacial score (nSPS) is 10.8. The molecule has 4 aromatic rings. The summed E-state index contributed by atoms with van der Waals surface area (Å²) >= 11 is 0. The van der Waals surface area contributed by atoms with Crippen molar-refractivity contribution in [3.05, 3.63) is 78.4 Å². The lowest BCUT2D eigenvalue weighted by molar-refractivity contribution is -0.115. The minimum Gasteiger partial charge on any atom is -0.378 e. The minimum absolute atomic E-state index is 0.0858. The summed E-state index contributed by atoms with van der Waals surface area (Å²) in [5.41, 5.74) is 4.02. The lowest BCUT2D eigenvalue weighted by Gasteiger charge is -2.12. The summed E-state index contributed by atoms with van der Waals surface area (Å²) in [6.45, 7) is 0. The van der Waals surface area contributed by atoms with E-state index in [-0.39, 0.29) is 5.91 Å². The number of anilines is 2. The second-order valence-corrected chi connectivity index (χ2v) is 6.97. The molecule has 0 aliphatic rings. The van der Waals surface area contributed by atoms with E-state index in [0.29, 0.717) is 12.2 Å². The first kappa shape index (κ1) is 17.8. The Balaban J connectivity index is 1.47. The molecule has 1 heterocycles. The second kappa shape index (κ2) is 7.56. The summed E-state index contributed by atoms with van der Waals surface area (Å²) in [5.74, 6) is 0.439. The molecule has 1 aromatic heterocycles. The fourth-order valence-corrected chi connectivity index (χ4v) is 3.28. The van der Waals surface area contributed by atoms with Crippen LogP contribution in [0.5, 0.6) is 0 Å². The second-order valence-electron chi connectivity index (χ2n) is 6.97. The molecule has 2 N–H and O–H groups in total.